The quantitative estimate of drug-likeness (QED) is 0.101. The molecule has 0 bridgehead atoms. The van der Waals surface area contributed by atoms with E-state index in [2.05, 4.69) is 16.0 Å². The van der Waals surface area contributed by atoms with Crippen molar-refractivity contribution in [1.29, 1.82) is 0 Å². The van der Waals surface area contributed by atoms with Crippen molar-refractivity contribution in [2.75, 3.05) is 16.4 Å². The van der Waals surface area contributed by atoms with Gasteiger partial charge in [0.25, 0.3) is 11.8 Å². The zero-order valence-corrected chi connectivity index (χ0v) is 26.6. The van der Waals surface area contributed by atoms with E-state index in [1.807, 2.05) is 54.6 Å². The lowest BCUT2D eigenvalue weighted by Crippen LogP contribution is -2.30. The van der Waals surface area contributed by atoms with Crippen LogP contribution in [-0.2, 0) is 15.8 Å². The third-order valence-electron chi connectivity index (χ3n) is 6.89. The molecule has 0 aliphatic heterocycles. The number of alkyl halides is 3. The molecule has 5 aromatic rings. The highest BCUT2D eigenvalue weighted by atomic mass is 35.5. The maximum absolute atomic E-state index is 13.5. The molecule has 48 heavy (non-hydrogen) atoms. The minimum Gasteiger partial charge on any atom is -0.324 e. The van der Waals surface area contributed by atoms with Crippen molar-refractivity contribution in [3.8, 4) is 11.1 Å². The Morgan fingerprint density at radius 2 is 1.40 bits per heavy atom. The predicted molar refractivity (Wildman–Crippen MR) is 185 cm³/mol. The smallest absolute Gasteiger partial charge is 0.324 e. The lowest BCUT2D eigenvalue weighted by molar-refractivity contribution is -0.137. The molecule has 0 atom stereocenters. The van der Waals surface area contributed by atoms with Crippen LogP contribution in [0.3, 0.4) is 0 Å². The van der Waals surface area contributed by atoms with Crippen molar-refractivity contribution in [3.63, 3.8) is 0 Å². The number of anilines is 2. The number of thioether (sulfide) groups is 1. The fraction of sp³-hybridized carbons (Fsp3) is 0.0541. The van der Waals surface area contributed by atoms with Gasteiger partial charge in [0.1, 0.15) is 5.70 Å². The summed E-state index contributed by atoms with van der Waals surface area (Å²) >= 11 is 7.10. The molecule has 0 fully saturated rings. The van der Waals surface area contributed by atoms with Crippen molar-refractivity contribution >= 4 is 58.5 Å². The van der Waals surface area contributed by atoms with Crippen LogP contribution in [-0.4, -0.2) is 23.5 Å². The van der Waals surface area contributed by atoms with Gasteiger partial charge in [-0.2, -0.15) is 13.2 Å². The highest BCUT2D eigenvalue weighted by Crippen LogP contribution is 2.34. The number of hydrogen-bond acceptors (Lipinski definition) is 4. The van der Waals surface area contributed by atoms with Gasteiger partial charge in [-0.05, 0) is 71.3 Å². The predicted octanol–water partition coefficient (Wildman–Crippen LogP) is 9.17. The molecule has 3 amide bonds. The minimum absolute atomic E-state index is 0.00622. The lowest BCUT2D eigenvalue weighted by Gasteiger charge is -2.13. The number of carbonyl (C=O) groups excluding carboxylic acids is 3. The summed E-state index contributed by atoms with van der Waals surface area (Å²) in [7, 11) is 0. The fourth-order valence-corrected chi connectivity index (χ4v) is 5.43. The van der Waals surface area contributed by atoms with Crippen LogP contribution in [0.2, 0.25) is 5.02 Å². The summed E-state index contributed by atoms with van der Waals surface area (Å²) in [6.07, 6.45) is -3.01. The van der Waals surface area contributed by atoms with Gasteiger partial charge in [-0.3, -0.25) is 14.4 Å². The lowest BCUT2D eigenvalue weighted by atomic mass is 10.0. The molecule has 242 valence electrons. The second kappa shape index (κ2) is 15.5. The third-order valence-corrected chi connectivity index (χ3v) is 8.21. The standard InChI is InChI=1S/C37H27ClF3N3O3S/c38-31-19-18-28(37(39,40)41)21-32(31)43-34(45)23-48-30-13-7-12-29(22-30)42-36(47)33(44-35(46)27-10-5-2-6-11-27)20-24-14-16-26(17-15-24)25-8-3-1-4-9-25/h1-22H,23H2,(H,42,47)(H,43,45)(H,44,46)/b33-20+. The SMILES string of the molecule is O=C(CSc1cccc(NC(=O)/C(=C\c2ccc(-c3ccccc3)cc2)NC(=O)c2ccccc2)c1)Nc1cc(C(F)(F)F)ccc1Cl. The third kappa shape index (κ3) is 9.37. The minimum atomic E-state index is -4.59. The summed E-state index contributed by atoms with van der Waals surface area (Å²) in [6.45, 7) is 0. The van der Waals surface area contributed by atoms with E-state index in [0.29, 0.717) is 21.7 Å². The molecule has 0 spiro atoms. The van der Waals surface area contributed by atoms with Gasteiger partial charge in [-0.15, -0.1) is 11.8 Å². The Kier molecular flexibility index (Phi) is 11.0. The van der Waals surface area contributed by atoms with Gasteiger partial charge in [0.2, 0.25) is 5.91 Å². The second-order valence-electron chi connectivity index (χ2n) is 10.4. The Hall–Kier alpha value is -5.32. The zero-order chi connectivity index (χ0) is 34.1. The van der Waals surface area contributed by atoms with E-state index < -0.39 is 29.5 Å². The molecule has 0 aliphatic carbocycles. The van der Waals surface area contributed by atoms with Gasteiger partial charge in [-0.25, -0.2) is 0 Å². The Labute approximate surface area is 284 Å². The van der Waals surface area contributed by atoms with E-state index in [1.165, 1.54) is 0 Å². The summed E-state index contributed by atoms with van der Waals surface area (Å²) in [5.74, 6) is -1.75. The molecular weight excluding hydrogens is 659 g/mol. The molecule has 6 nitrogen and oxygen atoms in total. The molecule has 0 aromatic heterocycles. The summed E-state index contributed by atoms with van der Waals surface area (Å²) in [5, 5.41) is 7.89. The average Bonchev–Trinajstić information content (AvgIpc) is 3.09. The van der Waals surface area contributed by atoms with E-state index in [-0.39, 0.29) is 22.2 Å². The maximum Gasteiger partial charge on any atom is 0.416 e. The molecule has 5 aromatic carbocycles. The molecule has 0 unspecified atom stereocenters. The molecule has 3 N–H and O–H groups in total. The van der Waals surface area contributed by atoms with Crippen molar-refractivity contribution in [3.05, 3.63) is 155 Å². The van der Waals surface area contributed by atoms with Crippen LogP contribution in [0.4, 0.5) is 24.5 Å². The van der Waals surface area contributed by atoms with Crippen LogP contribution >= 0.6 is 23.4 Å². The van der Waals surface area contributed by atoms with Crippen molar-refractivity contribution in [2.45, 2.75) is 11.1 Å². The van der Waals surface area contributed by atoms with E-state index in [0.717, 1.165) is 41.1 Å². The summed E-state index contributed by atoms with van der Waals surface area (Å²) in [4.78, 5) is 39.7. The molecule has 0 saturated carbocycles. The number of hydrogen-bond donors (Lipinski definition) is 3. The highest BCUT2D eigenvalue weighted by molar-refractivity contribution is 8.00. The first-order valence-electron chi connectivity index (χ1n) is 14.5. The van der Waals surface area contributed by atoms with Crippen LogP contribution < -0.4 is 16.0 Å². The zero-order valence-electron chi connectivity index (χ0n) is 25.1. The Balaban J connectivity index is 1.29. The monoisotopic (exact) mass is 685 g/mol. The van der Waals surface area contributed by atoms with Crippen LogP contribution in [0, 0.1) is 0 Å². The van der Waals surface area contributed by atoms with E-state index >= 15 is 0 Å². The summed E-state index contributed by atoms with van der Waals surface area (Å²) in [6, 6.07) is 35.2. The first-order valence-corrected chi connectivity index (χ1v) is 15.9. The Morgan fingerprint density at radius 1 is 0.729 bits per heavy atom. The molecule has 0 saturated heterocycles. The first kappa shape index (κ1) is 34.0. The van der Waals surface area contributed by atoms with E-state index in [4.69, 9.17) is 11.6 Å². The van der Waals surface area contributed by atoms with Crippen molar-refractivity contribution in [1.82, 2.24) is 5.32 Å². The van der Waals surface area contributed by atoms with Crippen molar-refractivity contribution < 1.29 is 27.6 Å². The summed E-state index contributed by atoms with van der Waals surface area (Å²) < 4.78 is 39.3. The molecule has 0 radical (unpaired) electrons. The van der Waals surface area contributed by atoms with Gasteiger partial charge >= 0.3 is 6.18 Å². The molecule has 0 aliphatic rings. The normalized spacial score (nSPS) is 11.5. The number of rotatable bonds is 10. The van der Waals surface area contributed by atoms with Crippen LogP contribution in [0.25, 0.3) is 17.2 Å². The van der Waals surface area contributed by atoms with Crippen molar-refractivity contribution in [2.24, 2.45) is 0 Å². The van der Waals surface area contributed by atoms with Crippen LogP contribution in [0.1, 0.15) is 21.5 Å². The second-order valence-corrected chi connectivity index (χ2v) is 11.8. The number of halogens is 4. The number of nitrogens with one attached hydrogen (secondary N) is 3. The number of carbonyl (C=O) groups is 3. The van der Waals surface area contributed by atoms with Crippen LogP contribution in [0.5, 0.6) is 0 Å². The Morgan fingerprint density at radius 3 is 2.08 bits per heavy atom. The number of amides is 3. The Bertz CT molecular complexity index is 1950. The first-order chi connectivity index (χ1) is 23.0. The fourth-order valence-electron chi connectivity index (χ4n) is 4.51. The molecule has 5 rings (SSSR count). The average molecular weight is 686 g/mol. The molecular formula is C37H27ClF3N3O3S. The van der Waals surface area contributed by atoms with E-state index in [9.17, 15) is 27.6 Å². The molecule has 11 heteroatoms. The maximum atomic E-state index is 13.5. The molecule has 0 heterocycles. The van der Waals surface area contributed by atoms with Gasteiger partial charge < -0.3 is 16.0 Å². The summed E-state index contributed by atoms with van der Waals surface area (Å²) in [5.41, 5.74) is 2.41. The number of benzene rings is 5. The largest absolute Gasteiger partial charge is 0.416 e. The van der Waals surface area contributed by atoms with Crippen LogP contribution in [0.15, 0.2) is 138 Å². The van der Waals surface area contributed by atoms with Gasteiger partial charge in [-0.1, -0.05) is 90.5 Å². The highest BCUT2D eigenvalue weighted by Gasteiger charge is 2.31. The van der Waals surface area contributed by atoms with Gasteiger partial charge in [0, 0.05) is 16.1 Å². The van der Waals surface area contributed by atoms with E-state index in [1.54, 1.807) is 60.7 Å². The van der Waals surface area contributed by atoms with Gasteiger partial charge in [0.15, 0.2) is 0 Å². The topological polar surface area (TPSA) is 87.3 Å². The van der Waals surface area contributed by atoms with Gasteiger partial charge in [0.05, 0.1) is 22.0 Å².